The van der Waals surface area contributed by atoms with Gasteiger partial charge in [-0.05, 0) is 6.42 Å². The summed E-state index contributed by atoms with van der Waals surface area (Å²) < 4.78 is 15.6. The van der Waals surface area contributed by atoms with E-state index >= 15 is 0 Å². The second-order valence-corrected chi connectivity index (χ2v) is 4.40. The molecule has 23 heavy (non-hydrogen) atoms. The Balaban J connectivity index is 2.52. The van der Waals surface area contributed by atoms with Crippen LogP contribution in [-0.2, 0) is 9.47 Å². The van der Waals surface area contributed by atoms with Crippen molar-refractivity contribution in [3.8, 4) is 11.5 Å². The summed E-state index contributed by atoms with van der Waals surface area (Å²) in [5.74, 6) is -0.762. The zero-order valence-corrected chi connectivity index (χ0v) is 12.6. The number of phenolic OH excluding ortho intramolecular Hbond substituents is 1. The van der Waals surface area contributed by atoms with Gasteiger partial charge in [-0.15, -0.1) is 0 Å². The first-order chi connectivity index (χ1) is 11.0. The van der Waals surface area contributed by atoms with E-state index in [4.69, 9.17) is 14.2 Å². The molecule has 0 atom stereocenters. The first kappa shape index (κ1) is 18.6. The highest BCUT2D eigenvalue weighted by Crippen LogP contribution is 2.38. The van der Waals surface area contributed by atoms with E-state index in [9.17, 15) is 25.3 Å². The maximum atomic E-state index is 10.8. The zero-order valence-electron chi connectivity index (χ0n) is 12.6. The maximum absolute atomic E-state index is 10.8. The minimum absolute atomic E-state index is 0.0241. The van der Waals surface area contributed by atoms with Gasteiger partial charge in [-0.1, -0.05) is 6.92 Å². The fourth-order valence-corrected chi connectivity index (χ4v) is 1.63. The van der Waals surface area contributed by atoms with Crippen molar-refractivity contribution in [2.75, 3.05) is 33.0 Å². The standard InChI is InChI=1S/C13H18N2O8/c1-2-3-21-4-5-22-6-7-23-13-9-11(15(19)20)10(14(17)18)8-12(13)16/h8-9,16H,2-7H2,1H3. The summed E-state index contributed by atoms with van der Waals surface area (Å²) in [7, 11) is 0. The van der Waals surface area contributed by atoms with Crippen LogP contribution >= 0.6 is 0 Å². The molecule has 128 valence electrons. The summed E-state index contributed by atoms with van der Waals surface area (Å²) >= 11 is 0. The number of hydrogen-bond acceptors (Lipinski definition) is 8. The van der Waals surface area contributed by atoms with Crippen molar-refractivity contribution in [2.45, 2.75) is 13.3 Å². The van der Waals surface area contributed by atoms with Gasteiger partial charge in [0.25, 0.3) is 0 Å². The molecule has 0 spiro atoms. The average molecular weight is 330 g/mol. The molecule has 0 aliphatic heterocycles. The molecule has 0 radical (unpaired) electrons. The molecule has 0 saturated carbocycles. The van der Waals surface area contributed by atoms with E-state index in [1.807, 2.05) is 6.92 Å². The number of ether oxygens (including phenoxy) is 3. The van der Waals surface area contributed by atoms with Crippen LogP contribution in [0.4, 0.5) is 11.4 Å². The molecule has 0 aliphatic rings. The van der Waals surface area contributed by atoms with Gasteiger partial charge in [-0.25, -0.2) is 0 Å². The van der Waals surface area contributed by atoms with Gasteiger partial charge < -0.3 is 19.3 Å². The maximum Gasteiger partial charge on any atom is 0.350 e. The lowest BCUT2D eigenvalue weighted by atomic mass is 10.2. The number of hydrogen-bond donors (Lipinski definition) is 1. The predicted molar refractivity (Wildman–Crippen MR) is 78.8 cm³/mol. The largest absolute Gasteiger partial charge is 0.504 e. The van der Waals surface area contributed by atoms with Crippen molar-refractivity contribution < 1.29 is 29.2 Å². The molecule has 0 heterocycles. The van der Waals surface area contributed by atoms with Crippen molar-refractivity contribution in [2.24, 2.45) is 0 Å². The second kappa shape index (κ2) is 9.54. The van der Waals surface area contributed by atoms with Gasteiger partial charge in [-0.3, -0.25) is 20.2 Å². The normalized spacial score (nSPS) is 10.5. The van der Waals surface area contributed by atoms with Crippen molar-refractivity contribution in [1.82, 2.24) is 0 Å². The fourth-order valence-electron chi connectivity index (χ4n) is 1.63. The van der Waals surface area contributed by atoms with E-state index in [-0.39, 0.29) is 19.0 Å². The quantitative estimate of drug-likeness (QED) is 0.370. The van der Waals surface area contributed by atoms with Crippen LogP contribution < -0.4 is 4.74 Å². The van der Waals surface area contributed by atoms with Gasteiger partial charge in [0.2, 0.25) is 0 Å². The topological polar surface area (TPSA) is 134 Å². The molecule has 1 aromatic carbocycles. The highest BCUT2D eigenvalue weighted by molar-refractivity contribution is 5.61. The van der Waals surface area contributed by atoms with Gasteiger partial charge in [0, 0.05) is 6.61 Å². The Bertz CT molecular complexity index is 549. The predicted octanol–water partition coefficient (Wildman–Crippen LogP) is 2.03. The second-order valence-electron chi connectivity index (χ2n) is 4.40. The van der Waals surface area contributed by atoms with Crippen LogP contribution in [0.2, 0.25) is 0 Å². The zero-order chi connectivity index (χ0) is 17.2. The van der Waals surface area contributed by atoms with E-state index < -0.39 is 27.0 Å². The van der Waals surface area contributed by atoms with Crippen LogP contribution in [0.1, 0.15) is 13.3 Å². The highest BCUT2D eigenvalue weighted by Gasteiger charge is 2.27. The summed E-state index contributed by atoms with van der Waals surface area (Å²) in [6.07, 6.45) is 0.918. The molecule has 1 rings (SSSR count). The Labute approximate surface area is 131 Å². The van der Waals surface area contributed by atoms with Gasteiger partial charge in [0.05, 0.1) is 41.8 Å². The van der Waals surface area contributed by atoms with Crippen molar-refractivity contribution in [3.63, 3.8) is 0 Å². The first-order valence-electron chi connectivity index (χ1n) is 6.91. The van der Waals surface area contributed by atoms with Crippen molar-refractivity contribution in [3.05, 3.63) is 32.4 Å². The molecule has 0 saturated heterocycles. The molecule has 10 nitrogen and oxygen atoms in total. The number of rotatable bonds is 11. The molecule has 0 aliphatic carbocycles. The molecule has 1 N–H and O–H groups in total. The summed E-state index contributed by atoms with van der Waals surface area (Å²) in [4.78, 5) is 19.7. The Morgan fingerprint density at radius 3 is 2.04 bits per heavy atom. The lowest BCUT2D eigenvalue weighted by molar-refractivity contribution is -0.422. The smallest absolute Gasteiger partial charge is 0.350 e. The Morgan fingerprint density at radius 2 is 1.48 bits per heavy atom. The molecule has 0 unspecified atom stereocenters. The minimum atomic E-state index is -0.943. The summed E-state index contributed by atoms with van der Waals surface area (Å²) in [6.45, 7) is 3.67. The third kappa shape index (κ3) is 6.04. The Morgan fingerprint density at radius 1 is 0.957 bits per heavy atom. The van der Waals surface area contributed by atoms with Crippen LogP contribution in [0.5, 0.6) is 11.5 Å². The lowest BCUT2D eigenvalue weighted by Crippen LogP contribution is -2.11. The molecule has 0 aromatic heterocycles. The first-order valence-corrected chi connectivity index (χ1v) is 6.91. The SMILES string of the molecule is CCCOCCOCCOc1cc([N+](=O)[O-])c([N+](=O)[O-])cc1O. The molecule has 0 fully saturated rings. The minimum Gasteiger partial charge on any atom is -0.504 e. The lowest BCUT2D eigenvalue weighted by Gasteiger charge is -2.09. The molecule has 0 bridgehead atoms. The van der Waals surface area contributed by atoms with E-state index in [1.54, 1.807) is 0 Å². The summed E-state index contributed by atoms with van der Waals surface area (Å²) in [5.41, 5.74) is -1.55. The molecular weight excluding hydrogens is 312 g/mol. The summed E-state index contributed by atoms with van der Waals surface area (Å²) in [6, 6.07) is 1.50. The van der Waals surface area contributed by atoms with Crippen LogP contribution in [0.15, 0.2) is 12.1 Å². The third-order valence-electron chi connectivity index (χ3n) is 2.66. The van der Waals surface area contributed by atoms with E-state index in [0.717, 1.165) is 12.5 Å². The number of nitro benzene ring substituents is 2. The van der Waals surface area contributed by atoms with Crippen LogP contribution in [0.25, 0.3) is 0 Å². The van der Waals surface area contributed by atoms with Crippen LogP contribution in [0.3, 0.4) is 0 Å². The fraction of sp³-hybridized carbons (Fsp3) is 0.538. The van der Waals surface area contributed by atoms with E-state index in [2.05, 4.69) is 0 Å². The van der Waals surface area contributed by atoms with Crippen molar-refractivity contribution >= 4 is 11.4 Å². The highest BCUT2D eigenvalue weighted by atomic mass is 16.6. The number of phenols is 1. The van der Waals surface area contributed by atoms with E-state index in [1.165, 1.54) is 0 Å². The number of nitrogens with zero attached hydrogens (tertiary/aromatic N) is 2. The number of aromatic hydroxyl groups is 1. The van der Waals surface area contributed by atoms with Gasteiger partial charge in [0.1, 0.15) is 6.61 Å². The average Bonchev–Trinajstić information content (AvgIpc) is 2.50. The van der Waals surface area contributed by atoms with Crippen molar-refractivity contribution in [1.29, 1.82) is 0 Å². The van der Waals surface area contributed by atoms with E-state index in [0.29, 0.717) is 25.9 Å². The van der Waals surface area contributed by atoms with Gasteiger partial charge in [0.15, 0.2) is 11.5 Å². The third-order valence-corrected chi connectivity index (χ3v) is 2.66. The number of benzene rings is 1. The van der Waals surface area contributed by atoms with Crippen LogP contribution in [-0.4, -0.2) is 48.0 Å². The Kier molecular flexibility index (Phi) is 7.71. The Hall–Kier alpha value is -2.46. The number of nitro groups is 2. The van der Waals surface area contributed by atoms with Gasteiger partial charge >= 0.3 is 11.4 Å². The molecular formula is C13H18N2O8. The molecule has 1 aromatic rings. The van der Waals surface area contributed by atoms with Gasteiger partial charge in [-0.2, -0.15) is 0 Å². The molecule has 10 heteroatoms. The summed E-state index contributed by atoms with van der Waals surface area (Å²) in [5, 5.41) is 31.2. The molecule has 0 amide bonds. The monoisotopic (exact) mass is 330 g/mol. The van der Waals surface area contributed by atoms with Crippen LogP contribution in [0, 0.1) is 20.2 Å².